The van der Waals surface area contributed by atoms with Crippen LogP contribution in [0.5, 0.6) is 5.75 Å². The summed E-state index contributed by atoms with van der Waals surface area (Å²) in [6.45, 7) is 0.743. The molecule has 0 saturated heterocycles. The Morgan fingerprint density at radius 1 is 1.04 bits per heavy atom. The molecule has 0 aliphatic heterocycles. The highest BCUT2D eigenvalue weighted by Crippen LogP contribution is 2.12. The van der Waals surface area contributed by atoms with Gasteiger partial charge in [0, 0.05) is 6.54 Å². The molecule has 0 aliphatic carbocycles. The molecule has 0 unspecified atom stereocenters. The van der Waals surface area contributed by atoms with Crippen molar-refractivity contribution < 1.29 is 9.53 Å². The molecule has 2 rings (SSSR count). The van der Waals surface area contributed by atoms with Gasteiger partial charge in [-0.3, -0.25) is 15.6 Å². The van der Waals surface area contributed by atoms with Crippen molar-refractivity contribution in [2.75, 3.05) is 13.7 Å². The average molecular weight is 357 g/mol. The maximum atomic E-state index is 11.9. The zero-order valence-electron chi connectivity index (χ0n) is 14.2. The van der Waals surface area contributed by atoms with Gasteiger partial charge in [-0.1, -0.05) is 42.5 Å². The van der Waals surface area contributed by atoms with E-state index in [0.29, 0.717) is 5.11 Å². The van der Waals surface area contributed by atoms with Crippen LogP contribution in [0.3, 0.4) is 0 Å². The zero-order chi connectivity index (χ0) is 17.9. The number of amides is 1. The topological polar surface area (TPSA) is 62.4 Å². The summed E-state index contributed by atoms with van der Waals surface area (Å²) in [5, 5.41) is 3.49. The van der Waals surface area contributed by atoms with Crippen LogP contribution in [0, 0.1) is 0 Å². The first kappa shape index (κ1) is 18.7. The van der Waals surface area contributed by atoms with E-state index in [2.05, 4.69) is 28.3 Å². The van der Waals surface area contributed by atoms with E-state index in [-0.39, 0.29) is 12.3 Å². The summed E-state index contributed by atoms with van der Waals surface area (Å²) in [5.74, 6) is 0.565. The highest BCUT2D eigenvalue weighted by Gasteiger charge is 2.05. The summed E-state index contributed by atoms with van der Waals surface area (Å²) in [6, 6.07) is 17.7. The van der Waals surface area contributed by atoms with Crippen molar-refractivity contribution in [3.63, 3.8) is 0 Å². The Labute approximate surface area is 153 Å². The van der Waals surface area contributed by atoms with Gasteiger partial charge in [0.15, 0.2) is 5.11 Å². The number of carbonyl (C=O) groups excluding carboxylic acids is 1. The normalized spacial score (nSPS) is 9.96. The Bertz CT molecular complexity index is 692. The molecule has 3 N–H and O–H groups in total. The predicted molar refractivity (Wildman–Crippen MR) is 103 cm³/mol. The van der Waals surface area contributed by atoms with Gasteiger partial charge in [-0.2, -0.15) is 0 Å². The van der Waals surface area contributed by atoms with E-state index in [4.69, 9.17) is 17.0 Å². The molecular formula is C19H23N3O2S. The minimum absolute atomic E-state index is 0.165. The van der Waals surface area contributed by atoms with Gasteiger partial charge >= 0.3 is 0 Å². The fourth-order valence-electron chi connectivity index (χ4n) is 2.32. The Balaban J connectivity index is 1.61. The highest BCUT2D eigenvalue weighted by molar-refractivity contribution is 7.80. The van der Waals surface area contributed by atoms with E-state index in [9.17, 15) is 4.79 Å². The fraction of sp³-hybridized carbons (Fsp3) is 0.263. The van der Waals surface area contributed by atoms with E-state index in [1.165, 1.54) is 5.56 Å². The largest absolute Gasteiger partial charge is 0.497 e. The lowest BCUT2D eigenvalue weighted by Gasteiger charge is -2.12. The van der Waals surface area contributed by atoms with Crippen LogP contribution in [0.25, 0.3) is 0 Å². The smallest absolute Gasteiger partial charge is 0.242 e. The van der Waals surface area contributed by atoms with Crippen LogP contribution in [0.15, 0.2) is 54.6 Å². The molecule has 1 amide bonds. The van der Waals surface area contributed by atoms with Gasteiger partial charge < -0.3 is 10.1 Å². The number of ether oxygens (including phenoxy) is 1. The monoisotopic (exact) mass is 357 g/mol. The number of hydrogen-bond acceptors (Lipinski definition) is 3. The molecule has 2 aromatic carbocycles. The van der Waals surface area contributed by atoms with Crippen molar-refractivity contribution in [3.05, 3.63) is 65.7 Å². The van der Waals surface area contributed by atoms with Gasteiger partial charge in [0.2, 0.25) is 5.91 Å². The molecule has 0 bridgehead atoms. The van der Waals surface area contributed by atoms with Crippen molar-refractivity contribution >= 4 is 23.2 Å². The number of hydrogen-bond donors (Lipinski definition) is 3. The molecule has 0 aromatic heterocycles. The Kier molecular flexibility index (Phi) is 7.72. The predicted octanol–water partition coefficient (Wildman–Crippen LogP) is 2.37. The maximum Gasteiger partial charge on any atom is 0.242 e. The van der Waals surface area contributed by atoms with Crippen LogP contribution in [0.1, 0.15) is 17.5 Å². The van der Waals surface area contributed by atoms with E-state index < -0.39 is 0 Å². The summed E-state index contributed by atoms with van der Waals surface area (Å²) in [4.78, 5) is 11.9. The molecule has 0 radical (unpaired) electrons. The Morgan fingerprint density at radius 3 is 2.56 bits per heavy atom. The number of rotatable bonds is 7. The summed E-state index contributed by atoms with van der Waals surface area (Å²) in [5.41, 5.74) is 7.49. The first-order valence-electron chi connectivity index (χ1n) is 8.17. The van der Waals surface area contributed by atoms with Crippen LogP contribution in [-0.2, 0) is 17.6 Å². The van der Waals surface area contributed by atoms with Crippen molar-refractivity contribution in [2.24, 2.45) is 0 Å². The number of benzene rings is 2. The maximum absolute atomic E-state index is 11.9. The molecule has 0 heterocycles. The minimum atomic E-state index is -0.165. The number of aryl methyl sites for hydroxylation is 1. The number of hydrazine groups is 1. The number of methoxy groups -OCH3 is 1. The standard InChI is InChI=1S/C19H23N3O2S/c1-24-17-11-5-9-16(13-17)14-18(23)21-22-19(25)20-12-6-10-15-7-3-2-4-8-15/h2-5,7-9,11,13H,6,10,12,14H2,1H3,(H,21,23)(H2,20,22,25). The molecule has 0 atom stereocenters. The molecule has 6 heteroatoms. The van der Waals surface area contributed by atoms with Crippen molar-refractivity contribution in [1.82, 2.24) is 16.2 Å². The van der Waals surface area contributed by atoms with Crippen molar-refractivity contribution in [2.45, 2.75) is 19.3 Å². The third-order valence-corrected chi connectivity index (χ3v) is 3.83. The van der Waals surface area contributed by atoms with E-state index in [1.54, 1.807) is 7.11 Å². The number of thiocarbonyl (C=S) groups is 1. The van der Waals surface area contributed by atoms with Gasteiger partial charge in [-0.25, -0.2) is 0 Å². The molecule has 2 aromatic rings. The molecule has 0 saturated carbocycles. The Morgan fingerprint density at radius 2 is 1.80 bits per heavy atom. The van der Waals surface area contributed by atoms with Crippen LogP contribution in [0.2, 0.25) is 0 Å². The molecule has 132 valence electrons. The van der Waals surface area contributed by atoms with Crippen LogP contribution in [0.4, 0.5) is 0 Å². The average Bonchev–Trinajstić information content (AvgIpc) is 2.64. The van der Waals surface area contributed by atoms with Gasteiger partial charge in [0.25, 0.3) is 0 Å². The van der Waals surface area contributed by atoms with E-state index in [0.717, 1.165) is 30.7 Å². The number of carbonyl (C=O) groups is 1. The SMILES string of the molecule is COc1cccc(CC(=O)NNC(=S)NCCCc2ccccc2)c1. The van der Waals surface area contributed by atoms with Crippen LogP contribution in [-0.4, -0.2) is 24.7 Å². The molecular weight excluding hydrogens is 334 g/mol. The van der Waals surface area contributed by atoms with Gasteiger partial charge in [0.1, 0.15) is 5.75 Å². The van der Waals surface area contributed by atoms with Crippen molar-refractivity contribution in [3.8, 4) is 5.75 Å². The van der Waals surface area contributed by atoms with E-state index >= 15 is 0 Å². The lowest BCUT2D eigenvalue weighted by Crippen LogP contribution is -2.47. The van der Waals surface area contributed by atoms with Crippen LogP contribution >= 0.6 is 12.2 Å². The third-order valence-electron chi connectivity index (χ3n) is 3.58. The van der Waals surface area contributed by atoms with Crippen LogP contribution < -0.4 is 20.9 Å². The summed E-state index contributed by atoms with van der Waals surface area (Å²) < 4.78 is 5.14. The Hall–Kier alpha value is -2.60. The minimum Gasteiger partial charge on any atom is -0.497 e. The first-order chi connectivity index (χ1) is 12.2. The second-order valence-electron chi connectivity index (χ2n) is 5.55. The molecule has 5 nitrogen and oxygen atoms in total. The second kappa shape index (κ2) is 10.3. The van der Waals surface area contributed by atoms with E-state index in [1.807, 2.05) is 42.5 Å². The lowest BCUT2D eigenvalue weighted by atomic mass is 10.1. The fourth-order valence-corrected chi connectivity index (χ4v) is 2.47. The van der Waals surface area contributed by atoms with Gasteiger partial charge in [0.05, 0.1) is 13.5 Å². The lowest BCUT2D eigenvalue weighted by molar-refractivity contribution is -0.121. The zero-order valence-corrected chi connectivity index (χ0v) is 15.1. The third kappa shape index (κ3) is 7.22. The summed E-state index contributed by atoms with van der Waals surface area (Å²) >= 11 is 5.15. The molecule has 0 fully saturated rings. The quantitative estimate of drug-likeness (QED) is 0.403. The van der Waals surface area contributed by atoms with Crippen molar-refractivity contribution in [1.29, 1.82) is 0 Å². The molecule has 25 heavy (non-hydrogen) atoms. The first-order valence-corrected chi connectivity index (χ1v) is 8.58. The summed E-state index contributed by atoms with van der Waals surface area (Å²) in [7, 11) is 1.60. The van der Waals surface area contributed by atoms with Gasteiger partial charge in [-0.05, 0) is 48.3 Å². The highest BCUT2D eigenvalue weighted by atomic mass is 32.1. The van der Waals surface area contributed by atoms with Gasteiger partial charge in [-0.15, -0.1) is 0 Å². The second-order valence-corrected chi connectivity index (χ2v) is 5.95. The summed E-state index contributed by atoms with van der Waals surface area (Å²) in [6.07, 6.45) is 2.20. The molecule has 0 aliphatic rings. The molecule has 0 spiro atoms. The number of nitrogens with one attached hydrogen (secondary N) is 3.